The molecule has 1 aliphatic rings. The van der Waals surface area contributed by atoms with Crippen LogP contribution in [0.4, 0.5) is 5.82 Å². The number of rotatable bonds is 5. The highest BCUT2D eigenvalue weighted by Gasteiger charge is 2.29. The summed E-state index contributed by atoms with van der Waals surface area (Å²) in [4.78, 5) is 26.0. The summed E-state index contributed by atoms with van der Waals surface area (Å²) in [6, 6.07) is 8.13. The lowest BCUT2D eigenvalue weighted by molar-refractivity contribution is 0.0633. The van der Waals surface area contributed by atoms with Gasteiger partial charge in [0.1, 0.15) is 5.82 Å². The lowest BCUT2D eigenvalue weighted by Crippen LogP contribution is -2.48. The zero-order chi connectivity index (χ0) is 18.5. The maximum Gasteiger partial charge on any atom is 0.256 e. The molecule has 0 spiro atoms. The second-order valence-corrected chi connectivity index (χ2v) is 6.79. The van der Waals surface area contributed by atoms with E-state index in [1.54, 1.807) is 12.4 Å². The van der Waals surface area contributed by atoms with Crippen molar-refractivity contribution in [2.75, 3.05) is 31.1 Å². The van der Waals surface area contributed by atoms with E-state index in [0.717, 1.165) is 31.0 Å². The molecule has 0 aliphatic carbocycles. The normalized spacial score (nSPS) is 17.4. The Morgan fingerprint density at radius 3 is 2.81 bits per heavy atom. The lowest BCUT2D eigenvalue weighted by Gasteiger charge is -2.36. The summed E-state index contributed by atoms with van der Waals surface area (Å²) < 4.78 is 0. The summed E-state index contributed by atoms with van der Waals surface area (Å²) in [5.74, 6) is 0.926. The molecule has 0 aromatic carbocycles. The highest BCUT2D eigenvalue weighted by atomic mass is 16.2. The van der Waals surface area contributed by atoms with Crippen molar-refractivity contribution in [1.29, 1.82) is 0 Å². The first-order valence-corrected chi connectivity index (χ1v) is 9.26. The minimum atomic E-state index is -0.00701. The van der Waals surface area contributed by atoms with Crippen LogP contribution in [0.1, 0.15) is 42.7 Å². The number of nitrogens with zero attached hydrogens (tertiary/aromatic N) is 4. The van der Waals surface area contributed by atoms with Gasteiger partial charge in [-0.25, -0.2) is 4.98 Å². The molecule has 3 rings (SSSR count). The number of hydrogen-bond acceptors (Lipinski definition) is 5. The third-order valence-corrected chi connectivity index (χ3v) is 4.83. The van der Waals surface area contributed by atoms with Crippen LogP contribution < -0.4 is 10.2 Å². The summed E-state index contributed by atoms with van der Waals surface area (Å²) >= 11 is 0. The average molecular weight is 353 g/mol. The maximum atomic E-state index is 13.1. The van der Waals surface area contributed by atoms with Gasteiger partial charge in [-0.05, 0) is 44.5 Å². The highest BCUT2D eigenvalue weighted by Crippen LogP contribution is 2.24. The predicted molar refractivity (Wildman–Crippen MR) is 103 cm³/mol. The van der Waals surface area contributed by atoms with Gasteiger partial charge in [-0.3, -0.25) is 9.78 Å². The molecule has 26 heavy (non-hydrogen) atoms. The number of anilines is 1. The average Bonchev–Trinajstić information content (AvgIpc) is 2.69. The van der Waals surface area contributed by atoms with Crippen molar-refractivity contribution >= 4 is 11.7 Å². The third kappa shape index (κ3) is 3.85. The smallest absolute Gasteiger partial charge is 0.256 e. The molecule has 1 unspecified atom stereocenters. The summed E-state index contributed by atoms with van der Waals surface area (Å²) in [6.45, 7) is 9.49. The van der Waals surface area contributed by atoms with E-state index in [1.807, 2.05) is 35.4 Å². The maximum absolute atomic E-state index is 13.1. The van der Waals surface area contributed by atoms with Crippen LogP contribution in [-0.4, -0.2) is 53.0 Å². The Kier molecular flexibility index (Phi) is 5.83. The van der Waals surface area contributed by atoms with Crippen molar-refractivity contribution < 1.29 is 4.79 Å². The SMILES string of the molecule is CCN(c1ccc(C(=O)N2CCNCC2c2cccnc2)cn1)C(C)C. The van der Waals surface area contributed by atoms with E-state index in [2.05, 4.69) is 41.0 Å². The van der Waals surface area contributed by atoms with Crippen LogP contribution in [0.5, 0.6) is 0 Å². The van der Waals surface area contributed by atoms with Gasteiger partial charge in [0, 0.05) is 50.8 Å². The Balaban J connectivity index is 1.81. The van der Waals surface area contributed by atoms with E-state index in [0.29, 0.717) is 18.2 Å². The Morgan fingerprint density at radius 2 is 2.19 bits per heavy atom. The molecule has 1 fully saturated rings. The van der Waals surface area contributed by atoms with Gasteiger partial charge in [0.05, 0.1) is 11.6 Å². The Hall–Kier alpha value is -2.47. The molecule has 138 valence electrons. The van der Waals surface area contributed by atoms with Gasteiger partial charge in [0.15, 0.2) is 0 Å². The van der Waals surface area contributed by atoms with Gasteiger partial charge in [-0.2, -0.15) is 0 Å². The third-order valence-electron chi connectivity index (χ3n) is 4.83. The number of hydrogen-bond donors (Lipinski definition) is 1. The topological polar surface area (TPSA) is 61.4 Å². The minimum absolute atomic E-state index is 0.00701. The fourth-order valence-corrected chi connectivity index (χ4v) is 3.46. The molecular formula is C20H27N5O. The largest absolute Gasteiger partial charge is 0.354 e. The van der Waals surface area contributed by atoms with Crippen molar-refractivity contribution in [3.8, 4) is 0 Å². The first-order valence-electron chi connectivity index (χ1n) is 9.26. The fourth-order valence-electron chi connectivity index (χ4n) is 3.46. The summed E-state index contributed by atoms with van der Waals surface area (Å²) in [5.41, 5.74) is 1.68. The van der Waals surface area contributed by atoms with E-state index in [-0.39, 0.29) is 11.9 Å². The van der Waals surface area contributed by atoms with Crippen molar-refractivity contribution in [1.82, 2.24) is 20.2 Å². The number of piperazine rings is 1. The van der Waals surface area contributed by atoms with Crippen LogP contribution in [0.2, 0.25) is 0 Å². The lowest BCUT2D eigenvalue weighted by atomic mass is 10.0. The molecule has 6 nitrogen and oxygen atoms in total. The fraction of sp³-hybridized carbons (Fsp3) is 0.450. The zero-order valence-corrected chi connectivity index (χ0v) is 15.7. The molecule has 1 saturated heterocycles. The summed E-state index contributed by atoms with van der Waals surface area (Å²) in [5, 5.41) is 3.37. The van der Waals surface area contributed by atoms with Crippen molar-refractivity contribution in [2.24, 2.45) is 0 Å². The summed E-state index contributed by atoms with van der Waals surface area (Å²) in [6.07, 6.45) is 5.29. The first-order chi connectivity index (χ1) is 12.6. The summed E-state index contributed by atoms with van der Waals surface area (Å²) in [7, 11) is 0. The van der Waals surface area contributed by atoms with Crippen LogP contribution in [0.25, 0.3) is 0 Å². The Labute approximate surface area is 155 Å². The second-order valence-electron chi connectivity index (χ2n) is 6.79. The second kappa shape index (κ2) is 8.27. The number of pyridine rings is 2. The van der Waals surface area contributed by atoms with Crippen LogP contribution in [0.3, 0.4) is 0 Å². The van der Waals surface area contributed by atoms with E-state index in [4.69, 9.17) is 0 Å². The minimum Gasteiger partial charge on any atom is -0.354 e. The number of nitrogens with one attached hydrogen (secondary N) is 1. The number of amides is 1. The predicted octanol–water partition coefficient (Wildman–Crippen LogP) is 2.50. The van der Waals surface area contributed by atoms with Crippen LogP contribution >= 0.6 is 0 Å². The highest BCUT2D eigenvalue weighted by molar-refractivity contribution is 5.94. The number of aromatic nitrogens is 2. The van der Waals surface area contributed by atoms with Crippen molar-refractivity contribution in [3.63, 3.8) is 0 Å². The van der Waals surface area contributed by atoms with Gasteiger partial charge >= 0.3 is 0 Å². The molecule has 1 atom stereocenters. The molecule has 0 radical (unpaired) electrons. The van der Waals surface area contributed by atoms with Gasteiger partial charge < -0.3 is 15.1 Å². The molecule has 1 amide bonds. The standard InChI is InChI=1S/C20H27N5O/c1-4-24(15(2)3)19-8-7-17(13-23-19)20(26)25-11-10-22-14-18(25)16-6-5-9-21-12-16/h5-9,12-13,15,18,22H,4,10-11,14H2,1-3H3. The molecule has 2 aromatic heterocycles. The van der Waals surface area contributed by atoms with Crippen LogP contribution in [0.15, 0.2) is 42.9 Å². The molecule has 2 aromatic rings. The van der Waals surface area contributed by atoms with Crippen molar-refractivity contribution in [3.05, 3.63) is 54.0 Å². The molecule has 6 heteroatoms. The molecule has 0 bridgehead atoms. The molecule has 3 heterocycles. The zero-order valence-electron chi connectivity index (χ0n) is 15.7. The monoisotopic (exact) mass is 353 g/mol. The van der Waals surface area contributed by atoms with Crippen molar-refractivity contribution in [2.45, 2.75) is 32.9 Å². The van der Waals surface area contributed by atoms with Gasteiger partial charge in [-0.15, -0.1) is 0 Å². The van der Waals surface area contributed by atoms with E-state index >= 15 is 0 Å². The molecular weight excluding hydrogens is 326 g/mol. The van der Waals surface area contributed by atoms with E-state index in [1.165, 1.54) is 0 Å². The molecule has 1 N–H and O–H groups in total. The van der Waals surface area contributed by atoms with E-state index in [9.17, 15) is 4.79 Å². The van der Waals surface area contributed by atoms with Crippen LogP contribution in [0, 0.1) is 0 Å². The van der Waals surface area contributed by atoms with Gasteiger partial charge in [-0.1, -0.05) is 6.07 Å². The molecule has 1 aliphatic heterocycles. The van der Waals surface area contributed by atoms with Gasteiger partial charge in [0.25, 0.3) is 5.91 Å². The quantitative estimate of drug-likeness (QED) is 0.895. The number of carbonyl (C=O) groups is 1. The van der Waals surface area contributed by atoms with Gasteiger partial charge in [0.2, 0.25) is 0 Å². The van der Waals surface area contributed by atoms with Crippen LogP contribution in [-0.2, 0) is 0 Å². The molecule has 0 saturated carbocycles. The first kappa shape index (κ1) is 18.3. The Bertz CT molecular complexity index is 717. The number of carbonyl (C=O) groups excluding carboxylic acids is 1. The Morgan fingerprint density at radius 1 is 1.35 bits per heavy atom. The van der Waals surface area contributed by atoms with E-state index < -0.39 is 0 Å².